The van der Waals surface area contributed by atoms with Gasteiger partial charge in [0.2, 0.25) is 11.8 Å². The number of fused-ring (bicyclic) bond motifs is 2. The van der Waals surface area contributed by atoms with Crippen molar-refractivity contribution >= 4 is 40.2 Å². The molecule has 1 spiro atoms. The van der Waals surface area contributed by atoms with Gasteiger partial charge in [-0.15, -0.1) is 5.10 Å². The Hall–Kier alpha value is -2.87. The van der Waals surface area contributed by atoms with Gasteiger partial charge in [0.1, 0.15) is 11.1 Å². The Morgan fingerprint density at radius 3 is 2.48 bits per heavy atom. The second-order valence-corrected chi connectivity index (χ2v) is 9.73. The van der Waals surface area contributed by atoms with E-state index in [9.17, 15) is 5.11 Å². The average molecular weight is 481 g/mol. The van der Waals surface area contributed by atoms with Gasteiger partial charge in [-0.2, -0.15) is 9.67 Å². The van der Waals surface area contributed by atoms with E-state index in [4.69, 9.17) is 28.9 Å². The van der Waals surface area contributed by atoms with Crippen LogP contribution in [0.2, 0.25) is 10.0 Å². The van der Waals surface area contributed by atoms with Crippen molar-refractivity contribution < 1.29 is 5.11 Å². The molecule has 1 aliphatic heterocycles. The summed E-state index contributed by atoms with van der Waals surface area (Å²) >= 11 is 12.6. The van der Waals surface area contributed by atoms with Gasteiger partial charge in [-0.3, -0.25) is 0 Å². The molecule has 1 fully saturated rings. The molecule has 168 valence electrons. The molecule has 4 aromatic rings. The van der Waals surface area contributed by atoms with Crippen molar-refractivity contribution in [2.24, 2.45) is 11.1 Å². The van der Waals surface area contributed by atoms with Crippen molar-refractivity contribution in [3.05, 3.63) is 69.8 Å². The zero-order valence-corrected chi connectivity index (χ0v) is 19.3. The third-order valence-corrected chi connectivity index (χ3v) is 7.79. The van der Waals surface area contributed by atoms with E-state index in [1.165, 1.54) is 15.8 Å². The number of para-hydroxylation sites is 1. The van der Waals surface area contributed by atoms with E-state index in [1.807, 2.05) is 0 Å². The maximum absolute atomic E-state index is 10.7. The summed E-state index contributed by atoms with van der Waals surface area (Å²) in [6.07, 6.45) is 4.57. The quantitative estimate of drug-likeness (QED) is 0.432. The molecule has 3 heterocycles. The van der Waals surface area contributed by atoms with Crippen LogP contribution < -0.4 is 10.6 Å². The highest BCUT2D eigenvalue weighted by molar-refractivity contribution is 6.37. The van der Waals surface area contributed by atoms with Crippen molar-refractivity contribution in [1.29, 1.82) is 0 Å². The van der Waals surface area contributed by atoms with E-state index < -0.39 is 0 Å². The second kappa shape index (κ2) is 7.58. The first-order valence-corrected chi connectivity index (χ1v) is 11.7. The molecular formula is C24H22Cl2N6O. The highest BCUT2D eigenvalue weighted by atomic mass is 35.5. The molecule has 1 aliphatic carbocycles. The maximum Gasteiger partial charge on any atom is 0.227 e. The standard InChI is InChI=1S/C24H22Cl2N6O/c25-17-6-3-7-18(26)19(17)32-22(33)16-13-28-23(29-21(16)30-32)31-10-8-24(9-11-31)12-14-4-1-2-5-15(14)20(24)27/h1-7,13,20,33H,8-12,27H2/t20-/m1/s1. The summed E-state index contributed by atoms with van der Waals surface area (Å²) in [5.74, 6) is 0.496. The van der Waals surface area contributed by atoms with Crippen LogP contribution in [0.25, 0.3) is 16.7 Å². The summed E-state index contributed by atoms with van der Waals surface area (Å²) in [7, 11) is 0. The Labute approximate surface area is 200 Å². The summed E-state index contributed by atoms with van der Waals surface area (Å²) in [4.78, 5) is 11.3. The van der Waals surface area contributed by atoms with Gasteiger partial charge in [-0.1, -0.05) is 53.5 Å². The molecule has 2 aliphatic rings. The number of aromatic nitrogens is 4. The normalized spacial score (nSPS) is 19.4. The molecule has 7 nitrogen and oxygen atoms in total. The summed E-state index contributed by atoms with van der Waals surface area (Å²) < 4.78 is 1.31. The monoisotopic (exact) mass is 480 g/mol. The molecule has 0 radical (unpaired) electrons. The number of nitrogens with zero attached hydrogens (tertiary/aromatic N) is 5. The van der Waals surface area contributed by atoms with E-state index in [0.29, 0.717) is 32.7 Å². The number of hydrogen-bond donors (Lipinski definition) is 2. The van der Waals surface area contributed by atoms with Crippen LogP contribution >= 0.6 is 23.2 Å². The van der Waals surface area contributed by atoms with Gasteiger partial charge in [0.25, 0.3) is 0 Å². The first-order chi connectivity index (χ1) is 16.0. The van der Waals surface area contributed by atoms with Gasteiger partial charge in [-0.05, 0) is 47.9 Å². The maximum atomic E-state index is 10.7. The SMILES string of the molecule is N[C@@H]1c2ccccc2CC12CCN(c1ncc3c(O)n(-c4c(Cl)cccc4Cl)nc3n1)CC2. The van der Waals surface area contributed by atoms with E-state index >= 15 is 0 Å². The Balaban J connectivity index is 1.28. The minimum atomic E-state index is -0.0983. The molecular weight excluding hydrogens is 459 g/mol. The number of anilines is 1. The van der Waals surface area contributed by atoms with Crippen LogP contribution in [0, 0.1) is 5.41 Å². The van der Waals surface area contributed by atoms with Crippen LogP contribution in [-0.2, 0) is 6.42 Å². The number of hydrogen-bond acceptors (Lipinski definition) is 6. The lowest BCUT2D eigenvalue weighted by Gasteiger charge is -2.42. The molecule has 9 heteroatoms. The lowest BCUT2D eigenvalue weighted by Crippen LogP contribution is -2.44. The largest absolute Gasteiger partial charge is 0.493 e. The molecule has 2 aromatic heterocycles. The van der Waals surface area contributed by atoms with Crippen LogP contribution in [0.1, 0.15) is 30.0 Å². The number of halogens is 2. The molecule has 0 amide bonds. The Kier molecular flexibility index (Phi) is 4.76. The number of aromatic hydroxyl groups is 1. The molecule has 3 N–H and O–H groups in total. The van der Waals surface area contributed by atoms with E-state index in [-0.39, 0.29) is 17.3 Å². The van der Waals surface area contributed by atoms with Crippen molar-refractivity contribution in [2.45, 2.75) is 25.3 Å². The van der Waals surface area contributed by atoms with Gasteiger partial charge in [0, 0.05) is 25.3 Å². The number of rotatable bonds is 2. The number of benzene rings is 2. The van der Waals surface area contributed by atoms with Crippen molar-refractivity contribution in [3.8, 4) is 11.6 Å². The summed E-state index contributed by atoms with van der Waals surface area (Å²) in [5.41, 5.74) is 10.2. The molecule has 0 saturated carbocycles. The first-order valence-electron chi connectivity index (χ1n) is 10.9. The molecule has 0 unspecified atom stereocenters. The summed E-state index contributed by atoms with van der Waals surface area (Å²) in [5, 5.41) is 16.4. The van der Waals surface area contributed by atoms with E-state index in [1.54, 1.807) is 24.4 Å². The third-order valence-electron chi connectivity index (χ3n) is 7.18. The van der Waals surface area contributed by atoms with Crippen LogP contribution in [0.5, 0.6) is 5.88 Å². The predicted octanol–water partition coefficient (Wildman–Crippen LogP) is 4.67. The molecule has 1 atom stereocenters. The lowest BCUT2D eigenvalue weighted by molar-refractivity contribution is 0.187. The minimum Gasteiger partial charge on any atom is -0.493 e. The van der Waals surface area contributed by atoms with E-state index in [2.05, 4.69) is 44.2 Å². The van der Waals surface area contributed by atoms with Crippen LogP contribution in [0.15, 0.2) is 48.7 Å². The fraction of sp³-hybridized carbons (Fsp3) is 0.292. The Morgan fingerprint density at radius 2 is 1.76 bits per heavy atom. The van der Waals surface area contributed by atoms with Crippen LogP contribution in [0.4, 0.5) is 5.95 Å². The minimum absolute atomic E-state index is 0.0623. The molecule has 0 bridgehead atoms. The molecule has 33 heavy (non-hydrogen) atoms. The van der Waals surface area contributed by atoms with Gasteiger partial charge in [-0.25, -0.2) is 4.98 Å². The van der Waals surface area contributed by atoms with Crippen LogP contribution in [0.3, 0.4) is 0 Å². The number of piperidine rings is 1. The van der Waals surface area contributed by atoms with Gasteiger partial charge >= 0.3 is 0 Å². The van der Waals surface area contributed by atoms with Gasteiger partial charge in [0.15, 0.2) is 5.65 Å². The molecule has 6 rings (SSSR count). The van der Waals surface area contributed by atoms with E-state index in [0.717, 1.165) is 32.4 Å². The second-order valence-electron chi connectivity index (χ2n) is 8.92. The first kappa shape index (κ1) is 20.7. The predicted molar refractivity (Wildman–Crippen MR) is 129 cm³/mol. The highest BCUT2D eigenvalue weighted by Crippen LogP contribution is 2.50. The topological polar surface area (TPSA) is 93.1 Å². The Bertz CT molecular complexity index is 1360. The fourth-order valence-corrected chi connectivity index (χ4v) is 5.87. The summed E-state index contributed by atoms with van der Waals surface area (Å²) in [6, 6.07) is 13.7. The average Bonchev–Trinajstić information content (AvgIpc) is 3.28. The smallest absolute Gasteiger partial charge is 0.227 e. The van der Waals surface area contributed by atoms with Gasteiger partial charge in [0.05, 0.1) is 10.0 Å². The Morgan fingerprint density at radius 1 is 1.03 bits per heavy atom. The van der Waals surface area contributed by atoms with Crippen molar-refractivity contribution in [3.63, 3.8) is 0 Å². The van der Waals surface area contributed by atoms with Crippen molar-refractivity contribution in [2.75, 3.05) is 18.0 Å². The fourth-order valence-electron chi connectivity index (χ4n) is 5.31. The zero-order chi connectivity index (χ0) is 22.7. The van der Waals surface area contributed by atoms with Crippen molar-refractivity contribution in [1.82, 2.24) is 19.7 Å². The summed E-state index contributed by atoms with van der Waals surface area (Å²) in [6.45, 7) is 1.63. The zero-order valence-electron chi connectivity index (χ0n) is 17.7. The third kappa shape index (κ3) is 3.18. The van der Waals surface area contributed by atoms with Crippen LogP contribution in [-0.4, -0.2) is 37.9 Å². The highest BCUT2D eigenvalue weighted by Gasteiger charge is 2.46. The van der Waals surface area contributed by atoms with Gasteiger partial charge < -0.3 is 15.7 Å². The molecule has 1 saturated heterocycles. The molecule has 2 aromatic carbocycles. The lowest BCUT2D eigenvalue weighted by atomic mass is 9.73. The number of nitrogens with two attached hydrogens (primary N) is 1.